The van der Waals surface area contributed by atoms with Gasteiger partial charge >= 0.3 is 5.97 Å². The van der Waals surface area contributed by atoms with Crippen molar-refractivity contribution in [2.24, 2.45) is 0 Å². The first-order chi connectivity index (χ1) is 30.1. The summed E-state index contributed by atoms with van der Waals surface area (Å²) in [5.74, 6) is -0.389. The van der Waals surface area contributed by atoms with Crippen molar-refractivity contribution in [1.29, 1.82) is 0 Å². The molecule has 11 unspecified atom stereocenters. The van der Waals surface area contributed by atoms with E-state index in [0.717, 1.165) is 64.2 Å². The minimum Gasteiger partial charge on any atom is -0.457 e. The molecule has 11 atom stereocenters. The van der Waals surface area contributed by atoms with Gasteiger partial charge in [-0.15, -0.1) is 0 Å². The maximum absolute atomic E-state index is 12.9. The number of rotatable bonds is 38. The number of hydrogen-bond donors (Lipinski definition) is 7. The first-order valence-electron chi connectivity index (χ1n) is 24.4. The van der Waals surface area contributed by atoms with E-state index in [4.69, 9.17) is 28.4 Å². The number of aliphatic hydroxyl groups is 7. The average molecular weight is 889 g/mol. The number of hydrogen-bond acceptors (Lipinski definition) is 14. The Morgan fingerprint density at radius 3 is 1.52 bits per heavy atom. The highest BCUT2D eigenvalue weighted by Gasteiger charge is 2.47. The maximum atomic E-state index is 12.9. The Morgan fingerprint density at radius 2 is 0.968 bits per heavy atom. The predicted octanol–water partition coefficient (Wildman–Crippen LogP) is 6.46. The minimum atomic E-state index is -1.71. The molecule has 0 aliphatic carbocycles. The van der Waals surface area contributed by atoms with Crippen LogP contribution in [0.4, 0.5) is 0 Å². The second-order valence-corrected chi connectivity index (χ2v) is 17.3. The van der Waals surface area contributed by atoms with Crippen LogP contribution in [0.1, 0.15) is 174 Å². The zero-order chi connectivity index (χ0) is 45.2. The lowest BCUT2D eigenvalue weighted by atomic mass is 9.98. The standard InChI is InChI=1S/C48H88O14/c1-3-5-7-9-11-13-15-16-17-18-19-20-22-24-26-28-30-32-57-34-37(60-40(50)31-29-27-25-23-21-14-12-10-8-6-4-2)35-58-47-46(56)44(54)42(52)39(62-47)36-59-48-45(55)43(53)41(51)38(33-49)61-48/h10,12,17-18,37-39,41-49,51-56H,3-9,11,13-16,19-36H2,1-2H3/b12-10-,18-17-. The molecular formula is C48H88O14. The van der Waals surface area contributed by atoms with Crippen LogP contribution in [0.3, 0.4) is 0 Å². The summed E-state index contributed by atoms with van der Waals surface area (Å²) in [6.45, 7) is 3.62. The highest BCUT2D eigenvalue weighted by molar-refractivity contribution is 5.69. The van der Waals surface area contributed by atoms with Crippen LogP contribution in [-0.2, 0) is 33.2 Å². The van der Waals surface area contributed by atoms with Gasteiger partial charge in [0.15, 0.2) is 12.6 Å². The number of carbonyl (C=O) groups is 1. The van der Waals surface area contributed by atoms with Gasteiger partial charge in [0.2, 0.25) is 0 Å². The molecule has 62 heavy (non-hydrogen) atoms. The molecule has 2 fully saturated rings. The van der Waals surface area contributed by atoms with E-state index in [2.05, 4.69) is 38.2 Å². The van der Waals surface area contributed by atoms with Crippen molar-refractivity contribution in [2.45, 2.75) is 242 Å². The third-order valence-corrected chi connectivity index (χ3v) is 11.7. The van der Waals surface area contributed by atoms with Gasteiger partial charge < -0.3 is 64.2 Å². The van der Waals surface area contributed by atoms with E-state index >= 15 is 0 Å². The Kier molecular flexibility index (Phi) is 33.5. The molecule has 2 aliphatic heterocycles. The third kappa shape index (κ3) is 24.7. The van der Waals surface area contributed by atoms with Crippen LogP contribution < -0.4 is 0 Å². The van der Waals surface area contributed by atoms with Crippen molar-refractivity contribution in [3.05, 3.63) is 24.3 Å². The fraction of sp³-hybridized carbons (Fsp3) is 0.896. The number of carbonyl (C=O) groups excluding carboxylic acids is 1. The molecule has 0 aromatic carbocycles. The molecule has 2 heterocycles. The van der Waals surface area contributed by atoms with Crippen molar-refractivity contribution >= 4 is 5.97 Å². The van der Waals surface area contributed by atoms with E-state index in [0.29, 0.717) is 13.0 Å². The molecule has 0 aromatic rings. The molecule has 14 nitrogen and oxygen atoms in total. The van der Waals surface area contributed by atoms with Gasteiger partial charge in [-0.2, -0.15) is 0 Å². The highest BCUT2D eigenvalue weighted by Crippen LogP contribution is 2.26. The largest absolute Gasteiger partial charge is 0.457 e. The lowest BCUT2D eigenvalue weighted by Crippen LogP contribution is -2.61. The van der Waals surface area contributed by atoms with Crippen LogP contribution in [-0.4, -0.2) is 142 Å². The molecule has 0 radical (unpaired) electrons. The minimum absolute atomic E-state index is 0.0559. The predicted molar refractivity (Wildman–Crippen MR) is 238 cm³/mol. The number of unbranched alkanes of at least 4 members (excludes halogenated alkanes) is 20. The van der Waals surface area contributed by atoms with Crippen LogP contribution in [0.5, 0.6) is 0 Å². The van der Waals surface area contributed by atoms with Gasteiger partial charge in [-0.1, -0.05) is 134 Å². The Morgan fingerprint density at radius 1 is 0.516 bits per heavy atom. The normalized spacial score (nSPS) is 27.4. The Hall–Kier alpha value is -1.53. The molecule has 7 N–H and O–H groups in total. The second kappa shape index (κ2) is 36.7. The summed E-state index contributed by atoms with van der Waals surface area (Å²) in [4.78, 5) is 12.9. The summed E-state index contributed by atoms with van der Waals surface area (Å²) in [6.07, 6.45) is 21.0. The third-order valence-electron chi connectivity index (χ3n) is 11.7. The summed E-state index contributed by atoms with van der Waals surface area (Å²) < 4.78 is 34.2. The van der Waals surface area contributed by atoms with Crippen molar-refractivity contribution in [1.82, 2.24) is 0 Å². The van der Waals surface area contributed by atoms with Gasteiger partial charge in [-0.05, 0) is 57.8 Å². The SMILES string of the molecule is CCCC/C=C\CCCCCCCC(=O)OC(COCCCCCCCC/C=C\CCCCCCCCC)COC1OC(COC2OC(CO)C(O)C(O)C2O)C(O)C(O)C1O. The van der Waals surface area contributed by atoms with Crippen molar-refractivity contribution in [3.63, 3.8) is 0 Å². The highest BCUT2D eigenvalue weighted by atomic mass is 16.7. The Bertz CT molecular complexity index is 1120. The van der Waals surface area contributed by atoms with Gasteiger partial charge in [0, 0.05) is 13.0 Å². The van der Waals surface area contributed by atoms with Gasteiger partial charge in [-0.3, -0.25) is 4.79 Å². The zero-order valence-corrected chi connectivity index (χ0v) is 38.4. The van der Waals surface area contributed by atoms with Gasteiger partial charge in [0.05, 0.1) is 26.4 Å². The molecule has 0 spiro atoms. The van der Waals surface area contributed by atoms with Crippen LogP contribution in [0.25, 0.3) is 0 Å². The molecular weight excluding hydrogens is 801 g/mol. The molecule has 0 bridgehead atoms. The van der Waals surface area contributed by atoms with E-state index in [1.165, 1.54) is 83.5 Å². The van der Waals surface area contributed by atoms with Gasteiger partial charge in [-0.25, -0.2) is 0 Å². The van der Waals surface area contributed by atoms with E-state index in [9.17, 15) is 40.5 Å². The Labute approximate surface area is 373 Å². The summed E-state index contributed by atoms with van der Waals surface area (Å²) >= 11 is 0. The van der Waals surface area contributed by atoms with Crippen LogP contribution in [0.15, 0.2) is 24.3 Å². The second-order valence-electron chi connectivity index (χ2n) is 17.3. The van der Waals surface area contributed by atoms with Crippen molar-refractivity contribution < 1.29 is 69.0 Å². The summed E-state index contributed by atoms with van der Waals surface area (Å²) in [5.41, 5.74) is 0. The molecule has 0 saturated carbocycles. The summed E-state index contributed by atoms with van der Waals surface area (Å²) in [5, 5.41) is 72.0. The molecule has 0 amide bonds. The monoisotopic (exact) mass is 889 g/mol. The molecule has 364 valence electrons. The lowest BCUT2D eigenvalue weighted by Gasteiger charge is -2.42. The van der Waals surface area contributed by atoms with Crippen molar-refractivity contribution in [2.75, 3.05) is 33.0 Å². The quantitative estimate of drug-likeness (QED) is 0.0202. The molecule has 14 heteroatoms. The van der Waals surface area contributed by atoms with Crippen molar-refractivity contribution in [3.8, 4) is 0 Å². The van der Waals surface area contributed by atoms with Gasteiger partial charge in [0.25, 0.3) is 0 Å². The summed E-state index contributed by atoms with van der Waals surface area (Å²) in [6, 6.07) is 0. The van der Waals surface area contributed by atoms with Crippen LogP contribution >= 0.6 is 0 Å². The van der Waals surface area contributed by atoms with Crippen LogP contribution in [0.2, 0.25) is 0 Å². The van der Waals surface area contributed by atoms with E-state index in [-0.39, 0.29) is 25.6 Å². The number of allylic oxidation sites excluding steroid dienone is 4. The van der Waals surface area contributed by atoms with Gasteiger partial charge in [0.1, 0.15) is 54.9 Å². The average Bonchev–Trinajstić information content (AvgIpc) is 3.27. The van der Waals surface area contributed by atoms with E-state index in [1.807, 2.05) is 0 Å². The van der Waals surface area contributed by atoms with Crippen LogP contribution in [0, 0.1) is 0 Å². The number of esters is 1. The molecule has 2 rings (SSSR count). The first-order valence-corrected chi connectivity index (χ1v) is 24.4. The molecule has 2 aliphatic rings. The number of ether oxygens (including phenoxy) is 6. The maximum Gasteiger partial charge on any atom is 0.306 e. The smallest absolute Gasteiger partial charge is 0.306 e. The fourth-order valence-electron chi connectivity index (χ4n) is 7.61. The lowest BCUT2D eigenvalue weighted by molar-refractivity contribution is -0.332. The fourth-order valence-corrected chi connectivity index (χ4v) is 7.61. The zero-order valence-electron chi connectivity index (χ0n) is 38.4. The van der Waals surface area contributed by atoms with E-state index < -0.39 is 80.7 Å². The molecule has 2 saturated heterocycles. The Balaban J connectivity index is 1.78. The first kappa shape index (κ1) is 56.6. The molecule has 0 aromatic heterocycles. The topological polar surface area (TPSA) is 214 Å². The number of aliphatic hydroxyl groups excluding tert-OH is 7. The van der Waals surface area contributed by atoms with E-state index in [1.54, 1.807) is 0 Å². The summed E-state index contributed by atoms with van der Waals surface area (Å²) in [7, 11) is 0.